The molecular formula is C36H52O8. The Morgan fingerprint density at radius 1 is 0.455 bits per heavy atom. The van der Waals surface area contributed by atoms with E-state index in [-0.39, 0.29) is 0 Å². The van der Waals surface area contributed by atoms with Gasteiger partial charge in [-0.2, -0.15) is 0 Å². The van der Waals surface area contributed by atoms with Gasteiger partial charge in [0.15, 0.2) is 12.2 Å². The van der Waals surface area contributed by atoms with Gasteiger partial charge in [0.25, 0.3) is 0 Å². The molecule has 244 valence electrons. The van der Waals surface area contributed by atoms with Gasteiger partial charge in [0.1, 0.15) is 24.4 Å². The molecule has 0 amide bonds. The molecule has 1 aliphatic carbocycles. The first-order valence-corrected chi connectivity index (χ1v) is 16.5. The van der Waals surface area contributed by atoms with Crippen LogP contribution in [0, 0.1) is 0 Å². The van der Waals surface area contributed by atoms with Crippen molar-refractivity contribution in [3.63, 3.8) is 0 Å². The van der Waals surface area contributed by atoms with E-state index in [9.17, 15) is 9.59 Å². The molecule has 0 aliphatic heterocycles. The summed E-state index contributed by atoms with van der Waals surface area (Å²) in [7, 11) is 0. The second-order valence-corrected chi connectivity index (χ2v) is 11.2. The van der Waals surface area contributed by atoms with Crippen LogP contribution in [0.5, 0.6) is 0 Å². The van der Waals surface area contributed by atoms with Crippen LogP contribution in [0.4, 0.5) is 0 Å². The lowest BCUT2D eigenvalue weighted by molar-refractivity contribution is -0.265. The number of hydrogen-bond donors (Lipinski definition) is 0. The van der Waals surface area contributed by atoms with Crippen LogP contribution < -0.4 is 0 Å². The number of rotatable bonds is 20. The first-order chi connectivity index (χ1) is 21.5. The van der Waals surface area contributed by atoms with Crippen LogP contribution in [0.15, 0.2) is 60.7 Å². The highest BCUT2D eigenvalue weighted by Gasteiger charge is 2.57. The Labute approximate surface area is 263 Å². The monoisotopic (exact) mass is 612 g/mol. The summed E-state index contributed by atoms with van der Waals surface area (Å²) in [6, 6.07) is 17.6. The van der Waals surface area contributed by atoms with Crippen LogP contribution in [-0.2, 0) is 28.4 Å². The summed E-state index contributed by atoms with van der Waals surface area (Å²) < 4.78 is 38.6. The highest BCUT2D eigenvalue weighted by molar-refractivity contribution is 5.90. The summed E-state index contributed by atoms with van der Waals surface area (Å²) in [5, 5.41) is 0. The molecule has 1 unspecified atom stereocenters. The summed E-state index contributed by atoms with van der Waals surface area (Å²) in [6.07, 6.45) is 2.34. The highest BCUT2D eigenvalue weighted by atomic mass is 16.6. The van der Waals surface area contributed by atoms with E-state index in [1.54, 1.807) is 48.5 Å². The lowest BCUT2D eigenvalue weighted by atomic mass is 9.83. The Bertz CT molecular complexity index is 977. The quantitative estimate of drug-likeness (QED) is 0.115. The molecule has 2 aromatic carbocycles. The molecule has 8 heteroatoms. The Kier molecular flexibility index (Phi) is 16.5. The van der Waals surface area contributed by atoms with Crippen molar-refractivity contribution in [2.24, 2.45) is 0 Å². The Balaban J connectivity index is 2.11. The van der Waals surface area contributed by atoms with Crippen molar-refractivity contribution >= 4 is 11.9 Å². The molecule has 0 N–H and O–H groups in total. The van der Waals surface area contributed by atoms with Crippen molar-refractivity contribution in [3.05, 3.63) is 71.8 Å². The molecule has 0 spiro atoms. The topological polar surface area (TPSA) is 89.5 Å². The van der Waals surface area contributed by atoms with Gasteiger partial charge in [0.2, 0.25) is 0 Å². The van der Waals surface area contributed by atoms with Crippen LogP contribution in [0.2, 0.25) is 0 Å². The van der Waals surface area contributed by atoms with Gasteiger partial charge < -0.3 is 28.4 Å². The third-order valence-corrected chi connectivity index (χ3v) is 7.68. The van der Waals surface area contributed by atoms with E-state index in [1.165, 1.54) is 0 Å². The maximum atomic E-state index is 13.6. The number of ether oxygens (including phenoxy) is 6. The number of esters is 2. The van der Waals surface area contributed by atoms with Crippen LogP contribution >= 0.6 is 0 Å². The van der Waals surface area contributed by atoms with E-state index < -0.39 is 48.6 Å². The van der Waals surface area contributed by atoms with Crippen molar-refractivity contribution in [2.75, 3.05) is 26.4 Å². The minimum Gasteiger partial charge on any atom is -0.452 e. The maximum Gasteiger partial charge on any atom is 0.338 e. The van der Waals surface area contributed by atoms with Crippen molar-refractivity contribution < 1.29 is 38.0 Å². The maximum absolute atomic E-state index is 13.6. The second-order valence-electron chi connectivity index (χ2n) is 11.2. The summed E-state index contributed by atoms with van der Waals surface area (Å²) in [5.74, 6) is -1.07. The van der Waals surface area contributed by atoms with Crippen LogP contribution in [0.25, 0.3) is 0 Å². The molecule has 1 saturated carbocycles. The number of carbonyl (C=O) groups excluding carboxylic acids is 2. The molecule has 6 atom stereocenters. The third kappa shape index (κ3) is 10.7. The lowest BCUT2D eigenvalue weighted by Gasteiger charge is -2.49. The minimum atomic E-state index is -1.00. The largest absolute Gasteiger partial charge is 0.452 e. The van der Waals surface area contributed by atoms with E-state index in [0.717, 1.165) is 51.4 Å². The fourth-order valence-corrected chi connectivity index (χ4v) is 5.14. The second kappa shape index (κ2) is 20.3. The average Bonchev–Trinajstić information content (AvgIpc) is 3.05. The Morgan fingerprint density at radius 2 is 0.727 bits per heavy atom. The van der Waals surface area contributed by atoms with E-state index >= 15 is 0 Å². The van der Waals surface area contributed by atoms with Crippen LogP contribution in [0.1, 0.15) is 99.8 Å². The van der Waals surface area contributed by atoms with Gasteiger partial charge in [0, 0.05) is 26.4 Å². The lowest BCUT2D eigenvalue weighted by Crippen LogP contribution is -2.68. The predicted molar refractivity (Wildman–Crippen MR) is 170 cm³/mol. The van der Waals surface area contributed by atoms with Crippen molar-refractivity contribution in [1.82, 2.24) is 0 Å². The zero-order valence-corrected chi connectivity index (χ0v) is 27.0. The highest BCUT2D eigenvalue weighted by Crippen LogP contribution is 2.35. The first kappa shape index (κ1) is 35.7. The van der Waals surface area contributed by atoms with Gasteiger partial charge in [-0.1, -0.05) is 89.8 Å². The summed E-state index contributed by atoms with van der Waals surface area (Å²) >= 11 is 0. The third-order valence-electron chi connectivity index (χ3n) is 7.68. The average molecular weight is 613 g/mol. The van der Waals surface area contributed by atoms with Gasteiger partial charge in [-0.15, -0.1) is 0 Å². The number of unbranched alkanes of at least 4 members (excludes halogenated alkanes) is 4. The molecule has 1 aliphatic rings. The molecule has 0 saturated heterocycles. The van der Waals surface area contributed by atoms with Gasteiger partial charge >= 0.3 is 11.9 Å². The molecule has 3 rings (SSSR count). The molecule has 2 aromatic rings. The molecule has 1 fully saturated rings. The smallest absolute Gasteiger partial charge is 0.338 e. The number of benzene rings is 2. The molecule has 44 heavy (non-hydrogen) atoms. The molecule has 0 radical (unpaired) electrons. The number of hydrogen-bond acceptors (Lipinski definition) is 8. The molecule has 0 aromatic heterocycles. The molecule has 8 nitrogen and oxygen atoms in total. The van der Waals surface area contributed by atoms with Crippen molar-refractivity contribution in [1.29, 1.82) is 0 Å². The van der Waals surface area contributed by atoms with Gasteiger partial charge in [-0.05, 0) is 49.9 Å². The SMILES string of the molecule is CCCCOC1[C@@H](OCCCC)[C@H](OC(=O)c2ccccc2)[C@@H](OC(=O)c2ccccc2)[C@H](OCCCC)[C@H]1OCCCC. The van der Waals surface area contributed by atoms with E-state index in [1.807, 2.05) is 12.1 Å². The minimum absolute atomic E-state index is 0.390. The van der Waals surface area contributed by atoms with E-state index in [4.69, 9.17) is 28.4 Å². The van der Waals surface area contributed by atoms with Crippen molar-refractivity contribution in [3.8, 4) is 0 Å². The van der Waals surface area contributed by atoms with Gasteiger partial charge in [-0.25, -0.2) is 9.59 Å². The van der Waals surface area contributed by atoms with E-state index in [0.29, 0.717) is 37.6 Å². The van der Waals surface area contributed by atoms with Gasteiger partial charge in [-0.3, -0.25) is 0 Å². The molecule has 0 bridgehead atoms. The van der Waals surface area contributed by atoms with Crippen LogP contribution in [0.3, 0.4) is 0 Å². The van der Waals surface area contributed by atoms with E-state index in [2.05, 4.69) is 27.7 Å². The molecule has 0 heterocycles. The Morgan fingerprint density at radius 3 is 1.00 bits per heavy atom. The molecular weight excluding hydrogens is 560 g/mol. The summed E-state index contributed by atoms with van der Waals surface area (Å²) in [6.45, 7) is 10.2. The standard InChI is InChI=1S/C36H52O8/c1-5-9-23-39-29-30(40-24-10-6-2)32(42-26-12-8-4)34(44-36(38)28-21-17-14-18-22-28)33(31(29)41-25-11-7-3)43-35(37)27-19-15-13-16-20-27/h13-22,29-34H,5-12,23-26H2,1-4H3/t29-,30?,31+,32+,33-,34-/m0/s1. The summed E-state index contributed by atoms with van der Waals surface area (Å²) in [5.41, 5.74) is 0.780. The number of carbonyl (C=O) groups is 2. The first-order valence-electron chi connectivity index (χ1n) is 16.5. The van der Waals surface area contributed by atoms with Gasteiger partial charge in [0.05, 0.1) is 11.1 Å². The van der Waals surface area contributed by atoms with Crippen LogP contribution in [-0.4, -0.2) is 75.0 Å². The fourth-order valence-electron chi connectivity index (χ4n) is 5.14. The Hall–Kier alpha value is -2.78. The van der Waals surface area contributed by atoms with Crippen molar-refractivity contribution in [2.45, 2.75) is 116 Å². The fraction of sp³-hybridized carbons (Fsp3) is 0.611. The zero-order valence-electron chi connectivity index (χ0n) is 27.0. The zero-order chi connectivity index (χ0) is 31.6. The summed E-state index contributed by atoms with van der Waals surface area (Å²) in [4.78, 5) is 27.2. The normalized spacial score (nSPS) is 23.3. The predicted octanol–water partition coefficient (Wildman–Crippen LogP) is 7.19.